The highest BCUT2D eigenvalue weighted by molar-refractivity contribution is 5.99. The molecule has 1 unspecified atom stereocenters. The van der Waals surface area contributed by atoms with Crippen LogP contribution < -0.4 is 16.2 Å². The van der Waals surface area contributed by atoms with Gasteiger partial charge in [0.25, 0.3) is 0 Å². The standard InChI is InChI=1S/C30H31N3O3/c1-21(26-15-7-10-23-9-5-6-14-27(23)26)30(36)32-28-19-22(17-18-24(28)11-8-16-29(34)35)20-31-33-25-12-3-2-4-13-25/h2-7,9-10,12-15,17-19,21,31,33H,8,11,16,20H2,1H3,(H,32,36)(H,34,35). The van der Waals surface area contributed by atoms with Gasteiger partial charge in [-0.1, -0.05) is 72.8 Å². The summed E-state index contributed by atoms with van der Waals surface area (Å²) in [7, 11) is 0. The number of hydrazine groups is 1. The number of amides is 1. The topological polar surface area (TPSA) is 90.5 Å². The number of fused-ring (bicyclic) bond motifs is 1. The monoisotopic (exact) mass is 481 g/mol. The van der Waals surface area contributed by atoms with E-state index >= 15 is 0 Å². The number of rotatable bonds is 11. The summed E-state index contributed by atoms with van der Waals surface area (Å²) in [6.07, 6.45) is 1.16. The number of carbonyl (C=O) groups is 2. The van der Waals surface area contributed by atoms with E-state index in [1.54, 1.807) is 0 Å². The summed E-state index contributed by atoms with van der Waals surface area (Å²) in [6, 6.07) is 29.8. The van der Waals surface area contributed by atoms with Gasteiger partial charge in [0, 0.05) is 24.3 Å². The molecule has 0 radical (unpaired) electrons. The normalized spacial score (nSPS) is 11.7. The minimum Gasteiger partial charge on any atom is -0.481 e. The van der Waals surface area contributed by atoms with Gasteiger partial charge in [-0.25, -0.2) is 5.43 Å². The molecule has 184 valence electrons. The molecule has 0 fully saturated rings. The smallest absolute Gasteiger partial charge is 0.303 e. The first-order chi connectivity index (χ1) is 17.5. The molecule has 0 aliphatic rings. The molecule has 0 spiro atoms. The maximum Gasteiger partial charge on any atom is 0.303 e. The van der Waals surface area contributed by atoms with E-state index in [1.165, 1.54) is 0 Å². The number of anilines is 2. The van der Waals surface area contributed by atoms with Crippen LogP contribution in [-0.4, -0.2) is 17.0 Å². The fourth-order valence-corrected chi connectivity index (χ4v) is 4.28. The van der Waals surface area contributed by atoms with Gasteiger partial charge < -0.3 is 15.8 Å². The number of nitrogens with one attached hydrogen (secondary N) is 3. The largest absolute Gasteiger partial charge is 0.481 e. The molecule has 36 heavy (non-hydrogen) atoms. The number of aliphatic carboxylic acids is 1. The van der Waals surface area contributed by atoms with Crippen LogP contribution in [0, 0.1) is 0 Å². The number of carboxylic acids is 1. The van der Waals surface area contributed by atoms with E-state index in [2.05, 4.69) is 16.2 Å². The van der Waals surface area contributed by atoms with E-state index in [0.717, 1.165) is 38.8 Å². The molecule has 6 heteroatoms. The average molecular weight is 482 g/mol. The molecule has 0 heterocycles. The fraction of sp³-hybridized carbons (Fsp3) is 0.200. The van der Waals surface area contributed by atoms with Crippen molar-refractivity contribution in [3.63, 3.8) is 0 Å². The van der Waals surface area contributed by atoms with Gasteiger partial charge in [0.15, 0.2) is 0 Å². The highest BCUT2D eigenvalue weighted by Gasteiger charge is 2.19. The number of carboxylic acid groups (broad SMARTS) is 1. The summed E-state index contributed by atoms with van der Waals surface area (Å²) in [4.78, 5) is 24.4. The van der Waals surface area contributed by atoms with Gasteiger partial charge in [0.1, 0.15) is 0 Å². The third-order valence-electron chi connectivity index (χ3n) is 6.25. The lowest BCUT2D eigenvalue weighted by molar-refractivity contribution is -0.137. The zero-order valence-electron chi connectivity index (χ0n) is 20.3. The van der Waals surface area contributed by atoms with Crippen molar-refractivity contribution in [3.05, 3.63) is 108 Å². The lowest BCUT2D eigenvalue weighted by Gasteiger charge is -2.18. The molecule has 4 aromatic carbocycles. The molecular weight excluding hydrogens is 450 g/mol. The third kappa shape index (κ3) is 6.49. The lowest BCUT2D eigenvalue weighted by Crippen LogP contribution is -2.22. The Kier molecular flexibility index (Phi) is 8.32. The Morgan fingerprint density at radius 2 is 1.64 bits per heavy atom. The minimum absolute atomic E-state index is 0.0874. The van der Waals surface area contributed by atoms with Crippen LogP contribution in [-0.2, 0) is 22.6 Å². The van der Waals surface area contributed by atoms with Crippen LogP contribution in [0.15, 0.2) is 91.0 Å². The predicted molar refractivity (Wildman–Crippen MR) is 145 cm³/mol. The predicted octanol–water partition coefficient (Wildman–Crippen LogP) is 6.11. The summed E-state index contributed by atoms with van der Waals surface area (Å²) < 4.78 is 0. The zero-order chi connectivity index (χ0) is 25.3. The van der Waals surface area contributed by atoms with Crippen molar-refractivity contribution in [3.8, 4) is 0 Å². The van der Waals surface area contributed by atoms with Gasteiger partial charge in [0.05, 0.1) is 5.92 Å². The van der Waals surface area contributed by atoms with Gasteiger partial charge in [-0.2, -0.15) is 0 Å². The second-order valence-electron chi connectivity index (χ2n) is 8.86. The first kappa shape index (κ1) is 24.9. The molecule has 4 rings (SSSR count). The SMILES string of the molecule is CC(C(=O)Nc1cc(CNNc2ccccc2)ccc1CCCC(=O)O)c1cccc2ccccc12. The number of benzene rings is 4. The molecule has 4 aromatic rings. The quantitative estimate of drug-likeness (QED) is 0.194. The molecule has 0 aliphatic heterocycles. The molecule has 0 aromatic heterocycles. The fourth-order valence-electron chi connectivity index (χ4n) is 4.28. The molecule has 0 aliphatic carbocycles. The van der Waals surface area contributed by atoms with Crippen molar-refractivity contribution < 1.29 is 14.7 Å². The molecule has 0 saturated heterocycles. The van der Waals surface area contributed by atoms with Crippen LogP contribution in [0.1, 0.15) is 42.4 Å². The Morgan fingerprint density at radius 3 is 2.44 bits per heavy atom. The number of para-hydroxylation sites is 1. The van der Waals surface area contributed by atoms with Crippen molar-refractivity contribution in [1.29, 1.82) is 0 Å². The highest BCUT2D eigenvalue weighted by atomic mass is 16.4. The minimum atomic E-state index is -0.821. The lowest BCUT2D eigenvalue weighted by atomic mass is 9.94. The zero-order valence-corrected chi connectivity index (χ0v) is 20.3. The van der Waals surface area contributed by atoms with Gasteiger partial charge in [-0.05, 0) is 65.4 Å². The van der Waals surface area contributed by atoms with E-state index in [-0.39, 0.29) is 18.2 Å². The maximum absolute atomic E-state index is 13.4. The number of carbonyl (C=O) groups excluding carboxylic acids is 1. The Morgan fingerprint density at radius 1 is 0.889 bits per heavy atom. The van der Waals surface area contributed by atoms with Crippen LogP contribution in [0.2, 0.25) is 0 Å². The van der Waals surface area contributed by atoms with E-state index in [9.17, 15) is 9.59 Å². The van der Waals surface area contributed by atoms with E-state index in [0.29, 0.717) is 19.4 Å². The molecule has 1 atom stereocenters. The van der Waals surface area contributed by atoms with Crippen molar-refractivity contribution in [2.75, 3.05) is 10.7 Å². The van der Waals surface area contributed by atoms with Gasteiger partial charge >= 0.3 is 5.97 Å². The average Bonchev–Trinajstić information content (AvgIpc) is 2.89. The van der Waals surface area contributed by atoms with Crippen LogP contribution >= 0.6 is 0 Å². The van der Waals surface area contributed by atoms with Crippen molar-refractivity contribution >= 4 is 34.0 Å². The summed E-state index contributed by atoms with van der Waals surface area (Å²) in [6.45, 7) is 2.46. The summed E-state index contributed by atoms with van der Waals surface area (Å²) in [5.74, 6) is -1.28. The molecule has 0 bridgehead atoms. The second kappa shape index (κ2) is 12.0. The van der Waals surface area contributed by atoms with Gasteiger partial charge in [0.2, 0.25) is 5.91 Å². The molecular formula is C30H31N3O3. The van der Waals surface area contributed by atoms with Crippen LogP contribution in [0.25, 0.3) is 10.8 Å². The van der Waals surface area contributed by atoms with E-state index in [1.807, 2.05) is 97.9 Å². The Bertz CT molecular complexity index is 1330. The van der Waals surface area contributed by atoms with Crippen LogP contribution in [0.4, 0.5) is 11.4 Å². The molecule has 4 N–H and O–H groups in total. The number of hydrogen-bond donors (Lipinski definition) is 4. The molecule has 6 nitrogen and oxygen atoms in total. The van der Waals surface area contributed by atoms with Crippen LogP contribution in [0.3, 0.4) is 0 Å². The summed E-state index contributed by atoms with van der Waals surface area (Å²) in [5, 5.41) is 14.3. The Labute approximate surface area is 211 Å². The Hall–Kier alpha value is -4.16. The van der Waals surface area contributed by atoms with E-state index < -0.39 is 5.97 Å². The molecule has 0 saturated carbocycles. The highest BCUT2D eigenvalue weighted by Crippen LogP contribution is 2.28. The van der Waals surface area contributed by atoms with Crippen molar-refractivity contribution in [1.82, 2.24) is 5.43 Å². The first-order valence-corrected chi connectivity index (χ1v) is 12.2. The number of hydrogen-bond acceptors (Lipinski definition) is 4. The Balaban J connectivity index is 1.51. The van der Waals surface area contributed by atoms with Gasteiger partial charge in [-0.15, -0.1) is 0 Å². The van der Waals surface area contributed by atoms with Crippen LogP contribution in [0.5, 0.6) is 0 Å². The number of aryl methyl sites for hydroxylation is 1. The van der Waals surface area contributed by atoms with E-state index in [4.69, 9.17) is 5.11 Å². The van der Waals surface area contributed by atoms with Crippen molar-refractivity contribution in [2.24, 2.45) is 0 Å². The summed E-state index contributed by atoms with van der Waals surface area (Å²) in [5.41, 5.74) is 10.9. The first-order valence-electron chi connectivity index (χ1n) is 12.2. The maximum atomic E-state index is 13.4. The van der Waals surface area contributed by atoms with Crippen molar-refractivity contribution in [2.45, 2.75) is 38.6 Å². The second-order valence-corrected chi connectivity index (χ2v) is 8.86. The third-order valence-corrected chi connectivity index (χ3v) is 6.25. The summed E-state index contributed by atoms with van der Waals surface area (Å²) >= 11 is 0. The van der Waals surface area contributed by atoms with Gasteiger partial charge in [-0.3, -0.25) is 9.59 Å². The molecule has 1 amide bonds.